The summed E-state index contributed by atoms with van der Waals surface area (Å²) in [5, 5.41) is 11.4. The minimum atomic E-state index is -0.557. The molecule has 21 heavy (non-hydrogen) atoms. The highest BCUT2D eigenvalue weighted by Gasteiger charge is 2.13. The number of carbonyl (C=O) groups is 1. The van der Waals surface area contributed by atoms with Gasteiger partial charge in [0.25, 0.3) is 5.69 Å². The summed E-state index contributed by atoms with van der Waals surface area (Å²) < 4.78 is 5.34. The molecule has 6 nitrogen and oxygen atoms in total. The van der Waals surface area contributed by atoms with Gasteiger partial charge in [-0.25, -0.2) is 4.79 Å². The number of benzene rings is 2. The summed E-state index contributed by atoms with van der Waals surface area (Å²) in [7, 11) is 0. The molecule has 0 saturated carbocycles. The summed E-state index contributed by atoms with van der Waals surface area (Å²) in [6.07, 6.45) is 1.76. The van der Waals surface area contributed by atoms with Crippen LogP contribution >= 0.6 is 0 Å². The van der Waals surface area contributed by atoms with Gasteiger partial charge >= 0.3 is 5.97 Å². The summed E-state index contributed by atoms with van der Waals surface area (Å²) in [5.41, 5.74) is 1.05. The number of nitrogens with one attached hydrogen (secondary N) is 1. The zero-order chi connectivity index (χ0) is 14.8. The van der Waals surface area contributed by atoms with Gasteiger partial charge in [-0.15, -0.1) is 0 Å². The fourth-order valence-corrected chi connectivity index (χ4v) is 2.02. The third-order valence-electron chi connectivity index (χ3n) is 3.07. The Bertz CT molecular complexity index is 821. The number of hydrogen-bond acceptors (Lipinski definition) is 4. The van der Waals surface area contributed by atoms with E-state index >= 15 is 0 Å². The van der Waals surface area contributed by atoms with Crippen LogP contribution in [0.1, 0.15) is 10.4 Å². The van der Waals surface area contributed by atoms with Crippen molar-refractivity contribution in [3.63, 3.8) is 0 Å². The van der Waals surface area contributed by atoms with E-state index in [9.17, 15) is 14.9 Å². The zero-order valence-electron chi connectivity index (χ0n) is 10.8. The molecular formula is C15H10N2O4. The Morgan fingerprint density at radius 3 is 2.57 bits per heavy atom. The molecular weight excluding hydrogens is 272 g/mol. The van der Waals surface area contributed by atoms with Crippen molar-refractivity contribution in [1.82, 2.24) is 4.98 Å². The largest absolute Gasteiger partial charge is 0.422 e. The van der Waals surface area contributed by atoms with Crippen molar-refractivity contribution in [3.05, 3.63) is 70.4 Å². The van der Waals surface area contributed by atoms with E-state index in [2.05, 4.69) is 4.98 Å². The second-order valence-corrected chi connectivity index (χ2v) is 4.39. The molecule has 0 aliphatic heterocycles. The lowest BCUT2D eigenvalue weighted by Crippen LogP contribution is -2.08. The van der Waals surface area contributed by atoms with Gasteiger partial charge < -0.3 is 9.72 Å². The molecule has 104 valence electrons. The summed E-state index contributed by atoms with van der Waals surface area (Å²) >= 11 is 0. The van der Waals surface area contributed by atoms with Crippen LogP contribution in [-0.4, -0.2) is 15.9 Å². The second kappa shape index (κ2) is 5.09. The maximum absolute atomic E-state index is 12.1. The molecule has 0 radical (unpaired) electrons. The molecule has 3 rings (SSSR count). The molecule has 0 spiro atoms. The number of esters is 1. The molecule has 1 heterocycles. The van der Waals surface area contributed by atoms with E-state index in [-0.39, 0.29) is 11.3 Å². The van der Waals surface area contributed by atoms with Gasteiger partial charge in [0.15, 0.2) is 0 Å². The van der Waals surface area contributed by atoms with Gasteiger partial charge in [0.1, 0.15) is 5.75 Å². The van der Waals surface area contributed by atoms with E-state index in [0.717, 1.165) is 10.9 Å². The van der Waals surface area contributed by atoms with Crippen LogP contribution in [-0.2, 0) is 0 Å². The molecule has 0 unspecified atom stereocenters. The number of non-ortho nitro benzene ring substituents is 1. The summed E-state index contributed by atoms with van der Waals surface area (Å²) in [5.74, 6) is -0.115. The number of hydrogen-bond donors (Lipinski definition) is 1. The molecule has 6 heteroatoms. The number of carbonyl (C=O) groups excluding carboxylic acids is 1. The van der Waals surface area contributed by atoms with E-state index < -0.39 is 10.9 Å². The Labute approximate surface area is 119 Å². The van der Waals surface area contributed by atoms with Gasteiger partial charge in [-0.1, -0.05) is 6.07 Å². The molecule has 0 bridgehead atoms. The molecule has 1 N–H and O–H groups in total. The topological polar surface area (TPSA) is 85.2 Å². The van der Waals surface area contributed by atoms with Crippen LogP contribution in [0.15, 0.2) is 54.7 Å². The van der Waals surface area contributed by atoms with Crippen molar-refractivity contribution in [2.75, 3.05) is 0 Å². The fraction of sp³-hybridized carbons (Fsp3) is 0. The van der Waals surface area contributed by atoms with E-state index in [1.54, 1.807) is 18.3 Å². The second-order valence-electron chi connectivity index (χ2n) is 4.39. The monoisotopic (exact) mass is 282 g/mol. The number of rotatable bonds is 3. The number of nitro groups is 1. The lowest BCUT2D eigenvalue weighted by molar-refractivity contribution is -0.384. The molecule has 0 aliphatic carbocycles. The number of nitro benzene ring substituents is 1. The number of ether oxygens (including phenoxy) is 1. The third kappa shape index (κ3) is 2.46. The number of H-pyrrole nitrogens is 1. The maximum Gasteiger partial charge on any atom is 0.343 e. The van der Waals surface area contributed by atoms with Gasteiger partial charge in [0, 0.05) is 29.2 Å². The van der Waals surface area contributed by atoms with Crippen molar-refractivity contribution in [3.8, 4) is 5.75 Å². The van der Waals surface area contributed by atoms with E-state index in [4.69, 9.17) is 4.74 Å². The normalized spacial score (nSPS) is 10.5. The molecule has 3 aromatic rings. The third-order valence-corrected chi connectivity index (χ3v) is 3.07. The lowest BCUT2D eigenvalue weighted by Gasteiger charge is -2.05. The Kier molecular flexibility index (Phi) is 3.12. The van der Waals surface area contributed by atoms with Gasteiger partial charge in [-0.05, 0) is 30.3 Å². The molecule has 0 amide bonds. The molecule has 1 aromatic heterocycles. The van der Waals surface area contributed by atoms with Crippen molar-refractivity contribution in [2.45, 2.75) is 0 Å². The minimum Gasteiger partial charge on any atom is -0.422 e. The van der Waals surface area contributed by atoms with Gasteiger partial charge in [-0.2, -0.15) is 0 Å². The summed E-state index contributed by atoms with van der Waals surface area (Å²) in [6.45, 7) is 0. The minimum absolute atomic E-state index is 0.0701. The predicted molar refractivity (Wildman–Crippen MR) is 76.4 cm³/mol. The van der Waals surface area contributed by atoms with Gasteiger partial charge in [0.05, 0.1) is 10.5 Å². The van der Waals surface area contributed by atoms with E-state index in [1.807, 2.05) is 12.1 Å². The standard InChI is InChI=1S/C15H10N2O4/c18-15(10-4-6-11(7-5-10)17(19)20)21-14-3-1-2-13-12(14)8-9-16-13/h1-9,16H. The molecule has 0 fully saturated rings. The fourth-order valence-electron chi connectivity index (χ4n) is 2.02. The maximum atomic E-state index is 12.1. The lowest BCUT2D eigenvalue weighted by atomic mass is 10.2. The number of aromatic amines is 1. The first-order valence-corrected chi connectivity index (χ1v) is 6.18. The van der Waals surface area contributed by atoms with Crippen LogP contribution in [0.25, 0.3) is 10.9 Å². The van der Waals surface area contributed by atoms with Gasteiger partial charge in [-0.3, -0.25) is 10.1 Å². The SMILES string of the molecule is O=C(Oc1cccc2[nH]ccc12)c1ccc([N+](=O)[O-])cc1. The van der Waals surface area contributed by atoms with Crippen molar-refractivity contribution < 1.29 is 14.5 Å². The Morgan fingerprint density at radius 1 is 1.10 bits per heavy atom. The Morgan fingerprint density at radius 2 is 1.86 bits per heavy atom. The van der Waals surface area contributed by atoms with Crippen molar-refractivity contribution >= 4 is 22.6 Å². The average Bonchev–Trinajstić information content (AvgIpc) is 2.97. The van der Waals surface area contributed by atoms with Crippen LogP contribution in [0, 0.1) is 10.1 Å². The Balaban J connectivity index is 1.86. The summed E-state index contributed by atoms with van der Waals surface area (Å²) in [4.78, 5) is 25.1. The first-order valence-electron chi connectivity index (χ1n) is 6.18. The quantitative estimate of drug-likeness (QED) is 0.345. The number of fused-ring (bicyclic) bond motifs is 1. The van der Waals surface area contributed by atoms with Gasteiger partial charge in [0.2, 0.25) is 0 Å². The first-order chi connectivity index (χ1) is 10.1. The Hall–Kier alpha value is -3.15. The predicted octanol–water partition coefficient (Wildman–Crippen LogP) is 3.30. The number of aromatic nitrogens is 1. The van der Waals surface area contributed by atoms with E-state index in [1.165, 1.54) is 24.3 Å². The summed E-state index contributed by atoms with van der Waals surface area (Å²) in [6, 6.07) is 12.4. The van der Waals surface area contributed by atoms with Crippen molar-refractivity contribution in [1.29, 1.82) is 0 Å². The molecule has 0 atom stereocenters. The average molecular weight is 282 g/mol. The first kappa shape index (κ1) is 12.9. The zero-order valence-corrected chi connectivity index (χ0v) is 10.8. The molecule has 0 aliphatic rings. The van der Waals surface area contributed by atoms with Crippen LogP contribution in [0.4, 0.5) is 5.69 Å². The molecule has 2 aromatic carbocycles. The number of nitrogens with zero attached hydrogens (tertiary/aromatic N) is 1. The highest BCUT2D eigenvalue weighted by molar-refractivity contribution is 5.94. The van der Waals surface area contributed by atoms with Crippen LogP contribution in [0.3, 0.4) is 0 Å². The van der Waals surface area contributed by atoms with Crippen molar-refractivity contribution in [2.24, 2.45) is 0 Å². The van der Waals surface area contributed by atoms with Crippen LogP contribution in [0.2, 0.25) is 0 Å². The smallest absolute Gasteiger partial charge is 0.343 e. The highest BCUT2D eigenvalue weighted by atomic mass is 16.6. The molecule has 0 saturated heterocycles. The van der Waals surface area contributed by atoms with Crippen LogP contribution < -0.4 is 4.74 Å². The van der Waals surface area contributed by atoms with E-state index in [0.29, 0.717) is 5.75 Å². The van der Waals surface area contributed by atoms with Crippen LogP contribution in [0.5, 0.6) is 5.75 Å². The highest BCUT2D eigenvalue weighted by Crippen LogP contribution is 2.25.